The minimum absolute atomic E-state index is 0.0310. The molecule has 0 radical (unpaired) electrons. The van der Waals surface area contributed by atoms with E-state index in [1.165, 1.54) is 37.3 Å². The van der Waals surface area contributed by atoms with Crippen LogP contribution in [0.4, 0.5) is 10.1 Å². The van der Waals surface area contributed by atoms with Gasteiger partial charge in [-0.1, -0.05) is 18.2 Å². The van der Waals surface area contributed by atoms with Gasteiger partial charge in [-0.2, -0.15) is 0 Å². The first-order chi connectivity index (χ1) is 11.7. The maximum absolute atomic E-state index is 13.6. The van der Waals surface area contributed by atoms with Crippen LogP contribution in [0.5, 0.6) is 0 Å². The molecular formula is C17H15FN2O4S. The van der Waals surface area contributed by atoms with E-state index < -0.39 is 33.7 Å². The SMILES string of the molecule is Cc1ccc(NC(=O)[C@H](C)N2C(=O)c3ccccc3S2(=O)=O)cc1F. The van der Waals surface area contributed by atoms with Gasteiger partial charge in [-0.25, -0.2) is 17.1 Å². The highest BCUT2D eigenvalue weighted by atomic mass is 32.2. The second kappa shape index (κ2) is 5.96. The molecule has 0 saturated carbocycles. The number of carbonyl (C=O) groups is 2. The molecule has 0 bridgehead atoms. The van der Waals surface area contributed by atoms with E-state index in [2.05, 4.69) is 5.32 Å². The molecule has 6 nitrogen and oxygen atoms in total. The number of aryl methyl sites for hydroxylation is 1. The van der Waals surface area contributed by atoms with Crippen LogP contribution in [0.1, 0.15) is 22.8 Å². The van der Waals surface area contributed by atoms with Crippen molar-refractivity contribution < 1.29 is 22.4 Å². The van der Waals surface area contributed by atoms with Crippen LogP contribution in [-0.4, -0.2) is 30.6 Å². The smallest absolute Gasteiger partial charge is 0.269 e. The van der Waals surface area contributed by atoms with Crippen molar-refractivity contribution in [3.63, 3.8) is 0 Å². The molecule has 3 rings (SSSR count). The molecular weight excluding hydrogens is 347 g/mol. The Labute approximate surface area is 144 Å². The largest absolute Gasteiger partial charge is 0.324 e. The van der Waals surface area contributed by atoms with Crippen molar-refractivity contribution in [2.24, 2.45) is 0 Å². The lowest BCUT2D eigenvalue weighted by atomic mass is 10.2. The lowest BCUT2D eigenvalue weighted by molar-refractivity contribution is -0.118. The molecule has 2 amide bonds. The minimum atomic E-state index is -4.10. The Balaban J connectivity index is 1.88. The fourth-order valence-electron chi connectivity index (χ4n) is 2.61. The van der Waals surface area contributed by atoms with Gasteiger partial charge in [0.1, 0.15) is 16.8 Å². The quantitative estimate of drug-likeness (QED) is 0.908. The maximum Gasteiger partial charge on any atom is 0.269 e. The molecule has 2 aromatic rings. The number of benzene rings is 2. The molecule has 1 atom stereocenters. The maximum atomic E-state index is 13.6. The summed E-state index contributed by atoms with van der Waals surface area (Å²) in [7, 11) is -4.10. The zero-order chi connectivity index (χ0) is 18.4. The molecule has 0 fully saturated rings. The molecule has 130 valence electrons. The molecule has 1 aliphatic heterocycles. The summed E-state index contributed by atoms with van der Waals surface area (Å²) in [5.74, 6) is -1.98. The molecule has 2 aromatic carbocycles. The van der Waals surface area contributed by atoms with Crippen molar-refractivity contribution in [1.82, 2.24) is 4.31 Å². The van der Waals surface area contributed by atoms with Crippen molar-refractivity contribution in [3.8, 4) is 0 Å². The lowest BCUT2D eigenvalue weighted by Gasteiger charge is -2.22. The number of nitrogens with one attached hydrogen (secondary N) is 1. The first-order valence-corrected chi connectivity index (χ1v) is 8.92. The summed E-state index contributed by atoms with van der Waals surface area (Å²) in [4.78, 5) is 24.7. The van der Waals surface area contributed by atoms with Crippen molar-refractivity contribution in [2.45, 2.75) is 24.8 Å². The Hall–Kier alpha value is -2.74. The zero-order valence-corrected chi connectivity index (χ0v) is 14.3. The summed E-state index contributed by atoms with van der Waals surface area (Å²) >= 11 is 0. The van der Waals surface area contributed by atoms with E-state index in [4.69, 9.17) is 0 Å². The second-order valence-corrected chi connectivity index (χ2v) is 7.51. The van der Waals surface area contributed by atoms with Crippen molar-refractivity contribution in [2.75, 3.05) is 5.32 Å². The van der Waals surface area contributed by atoms with Crippen LogP contribution in [0, 0.1) is 12.7 Å². The first kappa shape index (κ1) is 17.1. The molecule has 0 unspecified atom stereocenters. The van der Waals surface area contributed by atoms with E-state index in [0.717, 1.165) is 6.07 Å². The Morgan fingerprint density at radius 3 is 2.52 bits per heavy atom. The molecule has 1 heterocycles. The fraction of sp³-hybridized carbons (Fsp3) is 0.176. The summed E-state index contributed by atoms with van der Waals surface area (Å²) in [5.41, 5.74) is 0.629. The van der Waals surface area contributed by atoms with Gasteiger partial charge in [0, 0.05) is 5.69 Å². The first-order valence-electron chi connectivity index (χ1n) is 7.48. The van der Waals surface area contributed by atoms with Crippen molar-refractivity contribution in [3.05, 3.63) is 59.4 Å². The van der Waals surface area contributed by atoms with Gasteiger partial charge in [0.2, 0.25) is 5.91 Å². The van der Waals surface area contributed by atoms with E-state index in [1.807, 2.05) is 0 Å². The number of sulfonamides is 1. The van der Waals surface area contributed by atoms with Crippen molar-refractivity contribution >= 4 is 27.5 Å². The third-order valence-corrected chi connectivity index (χ3v) is 5.94. The van der Waals surface area contributed by atoms with Gasteiger partial charge in [0.25, 0.3) is 15.9 Å². The molecule has 0 spiro atoms. The van der Waals surface area contributed by atoms with Crippen LogP contribution in [0.3, 0.4) is 0 Å². The third kappa shape index (κ3) is 2.78. The predicted molar refractivity (Wildman–Crippen MR) is 89.0 cm³/mol. The second-order valence-electron chi connectivity index (χ2n) is 5.73. The monoisotopic (exact) mass is 362 g/mol. The average Bonchev–Trinajstić information content (AvgIpc) is 2.77. The fourth-order valence-corrected chi connectivity index (χ4v) is 4.33. The third-order valence-electron chi connectivity index (χ3n) is 4.03. The minimum Gasteiger partial charge on any atom is -0.324 e. The number of nitrogens with zero attached hydrogens (tertiary/aromatic N) is 1. The molecule has 8 heteroatoms. The van der Waals surface area contributed by atoms with Crippen LogP contribution in [0.15, 0.2) is 47.4 Å². The van der Waals surface area contributed by atoms with Gasteiger partial charge in [-0.3, -0.25) is 9.59 Å². The number of carbonyl (C=O) groups excluding carboxylic acids is 2. The van der Waals surface area contributed by atoms with E-state index in [-0.39, 0.29) is 16.1 Å². The van der Waals surface area contributed by atoms with Gasteiger partial charge >= 0.3 is 0 Å². The Bertz CT molecular complexity index is 988. The number of hydrogen-bond donors (Lipinski definition) is 1. The summed E-state index contributed by atoms with van der Waals surface area (Å²) in [6.45, 7) is 2.89. The molecule has 0 aliphatic carbocycles. The molecule has 1 N–H and O–H groups in total. The van der Waals surface area contributed by atoms with Gasteiger partial charge in [0.05, 0.1) is 5.56 Å². The van der Waals surface area contributed by atoms with E-state index in [1.54, 1.807) is 13.0 Å². The number of halogens is 1. The Morgan fingerprint density at radius 2 is 1.88 bits per heavy atom. The Morgan fingerprint density at radius 1 is 1.20 bits per heavy atom. The van der Waals surface area contributed by atoms with E-state index in [0.29, 0.717) is 9.87 Å². The standard InChI is InChI=1S/C17H15FN2O4S/c1-10-7-8-12(9-14(10)18)19-16(21)11(2)20-17(22)13-5-3-4-6-15(13)25(20,23)24/h3-9,11H,1-2H3,(H,19,21)/t11-/m0/s1. The topological polar surface area (TPSA) is 83.6 Å². The highest BCUT2D eigenvalue weighted by molar-refractivity contribution is 7.90. The van der Waals surface area contributed by atoms with Crippen LogP contribution < -0.4 is 5.32 Å². The molecule has 1 aliphatic rings. The number of hydrogen-bond acceptors (Lipinski definition) is 4. The summed E-state index contributed by atoms with van der Waals surface area (Å²) in [6.07, 6.45) is 0. The number of fused-ring (bicyclic) bond motifs is 1. The van der Waals surface area contributed by atoms with Crippen molar-refractivity contribution in [1.29, 1.82) is 0 Å². The van der Waals surface area contributed by atoms with Crippen LogP contribution >= 0.6 is 0 Å². The molecule has 0 aromatic heterocycles. The van der Waals surface area contributed by atoms with Gasteiger partial charge in [0.15, 0.2) is 0 Å². The summed E-state index contributed by atoms with van der Waals surface area (Å²) < 4.78 is 39.3. The number of amides is 2. The van der Waals surface area contributed by atoms with E-state index in [9.17, 15) is 22.4 Å². The van der Waals surface area contributed by atoms with E-state index >= 15 is 0 Å². The summed E-state index contributed by atoms with van der Waals surface area (Å²) in [6, 6.07) is 8.62. The molecule has 25 heavy (non-hydrogen) atoms. The normalized spacial score (nSPS) is 16.4. The average molecular weight is 362 g/mol. The van der Waals surface area contributed by atoms with Crippen LogP contribution in [0.25, 0.3) is 0 Å². The van der Waals surface area contributed by atoms with Gasteiger partial charge < -0.3 is 5.32 Å². The van der Waals surface area contributed by atoms with Gasteiger partial charge in [-0.05, 0) is 43.7 Å². The highest BCUT2D eigenvalue weighted by Crippen LogP contribution is 2.31. The zero-order valence-electron chi connectivity index (χ0n) is 13.5. The number of rotatable bonds is 3. The predicted octanol–water partition coefficient (Wildman–Crippen LogP) is 2.31. The molecule has 0 saturated heterocycles. The highest BCUT2D eigenvalue weighted by Gasteiger charge is 2.45. The van der Waals surface area contributed by atoms with Crippen LogP contribution in [0.2, 0.25) is 0 Å². The Kier molecular flexibility index (Phi) is 4.08. The summed E-state index contributed by atoms with van der Waals surface area (Å²) in [5, 5.41) is 2.43. The van der Waals surface area contributed by atoms with Gasteiger partial charge in [-0.15, -0.1) is 0 Å². The van der Waals surface area contributed by atoms with Crippen LogP contribution in [-0.2, 0) is 14.8 Å². The number of anilines is 1. The lowest BCUT2D eigenvalue weighted by Crippen LogP contribution is -2.45.